The first-order chi connectivity index (χ1) is 30.9. The van der Waals surface area contributed by atoms with Crippen molar-refractivity contribution >= 4 is 40.0 Å². The van der Waals surface area contributed by atoms with Crippen LogP contribution in [0.25, 0.3) is 32.7 Å². The minimum absolute atomic E-state index is 0.0883. The number of benzene rings is 2. The summed E-state index contributed by atoms with van der Waals surface area (Å²) in [5, 5.41) is 38.1. The molecule has 4 aromatic heterocycles. The summed E-state index contributed by atoms with van der Waals surface area (Å²) in [6.07, 6.45) is 8.51. The number of nitrogens with one attached hydrogen (secondary N) is 1. The largest absolute Gasteiger partial charge is 0.507 e. The Bertz CT molecular complexity index is 2650. The van der Waals surface area contributed by atoms with Crippen molar-refractivity contribution in [2.45, 2.75) is 122 Å². The van der Waals surface area contributed by atoms with Gasteiger partial charge in [-0.15, -0.1) is 21.5 Å². The molecule has 0 unspecified atom stereocenters. The Kier molecular flexibility index (Phi) is 11.3. The Morgan fingerprint density at radius 3 is 2.38 bits per heavy atom. The summed E-state index contributed by atoms with van der Waals surface area (Å²) >= 11 is 1.60. The number of hydrogen-bond donors (Lipinski definition) is 3. The molecule has 14 heteroatoms. The number of anilines is 1. The quantitative estimate of drug-likeness (QED) is 0.114. The van der Waals surface area contributed by atoms with Gasteiger partial charge in [0.25, 0.3) is 0 Å². The van der Waals surface area contributed by atoms with Gasteiger partial charge in [0.2, 0.25) is 11.8 Å². The van der Waals surface area contributed by atoms with Gasteiger partial charge < -0.3 is 34.4 Å². The first-order valence-electron chi connectivity index (χ1n) is 23.1. The number of nitrogens with zero attached hydrogens (tertiary/aromatic N) is 7. The highest BCUT2D eigenvalue weighted by Gasteiger charge is 2.45. The lowest BCUT2D eigenvalue weighted by molar-refractivity contribution is -0.141. The van der Waals surface area contributed by atoms with Gasteiger partial charge >= 0.3 is 0 Å². The fraction of sp³-hybridized carbons (Fsp3) is 0.480. The molecule has 6 heterocycles. The molecule has 4 atom stereocenters. The molecule has 13 nitrogen and oxygen atoms in total. The molecule has 2 amide bonds. The number of amides is 2. The third-order valence-electron chi connectivity index (χ3n) is 14.7. The van der Waals surface area contributed by atoms with Gasteiger partial charge in [-0.1, -0.05) is 55.4 Å². The van der Waals surface area contributed by atoms with Gasteiger partial charge in [-0.2, -0.15) is 0 Å². The van der Waals surface area contributed by atoms with E-state index in [2.05, 4.69) is 47.3 Å². The van der Waals surface area contributed by atoms with Gasteiger partial charge in [-0.05, 0) is 118 Å². The maximum atomic E-state index is 14.4. The molecule has 2 aliphatic carbocycles. The van der Waals surface area contributed by atoms with Crippen LogP contribution in [0.15, 0.2) is 76.8 Å². The summed E-state index contributed by atoms with van der Waals surface area (Å²) < 4.78 is 8.51. The van der Waals surface area contributed by atoms with E-state index in [-0.39, 0.29) is 42.5 Å². The molecule has 2 saturated heterocycles. The molecule has 4 fully saturated rings. The molecule has 10 rings (SSSR count). The third kappa shape index (κ3) is 8.08. The second kappa shape index (κ2) is 17.1. The van der Waals surface area contributed by atoms with Gasteiger partial charge in [0, 0.05) is 49.4 Å². The molecule has 6 aromatic rings. The number of para-hydroxylation sites is 1. The minimum Gasteiger partial charge on any atom is -0.507 e. The second-order valence-electron chi connectivity index (χ2n) is 19.3. The second-order valence-corrected chi connectivity index (χ2v) is 20.1. The molecule has 0 radical (unpaired) electrons. The summed E-state index contributed by atoms with van der Waals surface area (Å²) in [5.74, 6) is 0.631. The van der Waals surface area contributed by atoms with E-state index >= 15 is 0 Å². The molecule has 334 valence electrons. The number of aromatic hydroxyl groups is 1. The van der Waals surface area contributed by atoms with Crippen molar-refractivity contribution < 1.29 is 24.3 Å². The van der Waals surface area contributed by atoms with Crippen LogP contribution in [0.3, 0.4) is 0 Å². The SMILES string of the molecule is Cc1ncsc1-c1ccc([C@H](C)NC(=O)[C@@H]2C[C@@H](O)CN2C(=O)[C@@H](c2cc(N3CCC4(CCC(c5cc6nnc(-c7ccccc7O)cc6n5C5CC5)CC4)CC3)no2)C(C)C)cc1. The highest BCUT2D eigenvalue weighted by atomic mass is 32.1. The van der Waals surface area contributed by atoms with Crippen LogP contribution in [-0.2, 0) is 9.59 Å². The van der Waals surface area contributed by atoms with Crippen molar-refractivity contribution in [2.24, 2.45) is 11.3 Å². The van der Waals surface area contributed by atoms with Crippen molar-refractivity contribution in [2.75, 3.05) is 24.5 Å². The lowest BCUT2D eigenvalue weighted by Crippen LogP contribution is -2.48. The molecule has 64 heavy (non-hydrogen) atoms. The van der Waals surface area contributed by atoms with E-state index in [4.69, 9.17) is 4.52 Å². The Morgan fingerprint density at radius 2 is 1.69 bits per heavy atom. The average Bonchev–Trinajstić information content (AvgIpc) is 3.58. The van der Waals surface area contributed by atoms with E-state index in [1.807, 2.05) is 81.7 Å². The smallest absolute Gasteiger partial charge is 0.243 e. The van der Waals surface area contributed by atoms with E-state index in [0.717, 1.165) is 77.3 Å². The highest BCUT2D eigenvalue weighted by Crippen LogP contribution is 2.51. The first kappa shape index (κ1) is 42.4. The molecular formula is C50H58N8O5S. The molecule has 4 aliphatic rings. The van der Waals surface area contributed by atoms with Crippen LogP contribution in [0.4, 0.5) is 5.82 Å². The minimum atomic E-state index is -0.798. The van der Waals surface area contributed by atoms with Crippen LogP contribution in [-0.4, -0.2) is 83.6 Å². The third-order valence-corrected chi connectivity index (χ3v) is 15.7. The normalized spacial score (nSPS) is 21.2. The Labute approximate surface area is 377 Å². The average molecular weight is 883 g/mol. The number of aromatic nitrogens is 5. The number of carbonyl (C=O) groups excluding carboxylic acids is 2. The van der Waals surface area contributed by atoms with Crippen LogP contribution in [0.1, 0.15) is 125 Å². The number of phenols is 1. The zero-order valence-electron chi connectivity index (χ0n) is 37.1. The fourth-order valence-electron chi connectivity index (χ4n) is 10.8. The molecule has 3 N–H and O–H groups in total. The number of phenolic OH excluding ortho intramolecular Hbond substituents is 1. The van der Waals surface area contributed by atoms with E-state index in [1.54, 1.807) is 22.3 Å². The number of β-amino-alcohol motifs (C(OH)–C–C–N with tert-alkyl or cyclic N) is 1. The Morgan fingerprint density at radius 1 is 0.938 bits per heavy atom. The Balaban J connectivity index is 0.769. The van der Waals surface area contributed by atoms with Crippen molar-refractivity contribution in [3.63, 3.8) is 0 Å². The first-order valence-corrected chi connectivity index (χ1v) is 24.0. The van der Waals surface area contributed by atoms with Crippen molar-refractivity contribution in [3.8, 4) is 27.4 Å². The monoisotopic (exact) mass is 882 g/mol. The number of piperidine rings is 1. The molecule has 1 spiro atoms. The van der Waals surface area contributed by atoms with Gasteiger partial charge in [0.1, 0.15) is 23.2 Å². The van der Waals surface area contributed by atoms with Crippen LogP contribution in [0.2, 0.25) is 0 Å². The number of aliphatic hydroxyl groups is 1. The number of fused-ring (bicyclic) bond motifs is 1. The van der Waals surface area contributed by atoms with Crippen molar-refractivity contribution in [1.29, 1.82) is 0 Å². The number of rotatable bonds is 11. The van der Waals surface area contributed by atoms with Gasteiger partial charge in [0.05, 0.1) is 39.4 Å². The number of hydrogen-bond acceptors (Lipinski definition) is 11. The maximum Gasteiger partial charge on any atom is 0.243 e. The van der Waals surface area contributed by atoms with Gasteiger partial charge in [-0.25, -0.2) is 4.98 Å². The summed E-state index contributed by atoms with van der Waals surface area (Å²) in [5.41, 5.74) is 9.98. The van der Waals surface area contributed by atoms with E-state index in [9.17, 15) is 19.8 Å². The number of aryl methyl sites for hydroxylation is 1. The number of carbonyl (C=O) groups is 2. The topological polar surface area (TPSA) is 163 Å². The van der Waals surface area contributed by atoms with E-state index < -0.39 is 18.1 Å². The molecule has 2 saturated carbocycles. The number of thiazole rings is 1. The van der Waals surface area contributed by atoms with Gasteiger partial charge in [0.15, 0.2) is 11.6 Å². The molecule has 2 aromatic carbocycles. The standard InChI is InChI=1S/C50H58N8O5S/c1-29(2)46(49(62)57-27-36(59)23-42(57)48(61)52-30(3)32-9-11-34(12-10-32)47-31(4)51-28-64-47)44-26-45(55-63-44)56-21-19-50(20-22-56)17-15-33(16-18-50)40-25-39-41(58(40)35-13-14-35)24-38(53-54-39)37-7-5-6-8-43(37)60/h5-12,24-26,28-30,33,35-36,42,46,59-60H,13-23,27H2,1-4H3,(H,52,61)/t30-,36+,42-,46+/m0/s1. The lowest BCUT2D eigenvalue weighted by Gasteiger charge is -2.46. The van der Waals surface area contributed by atoms with Crippen LogP contribution >= 0.6 is 11.3 Å². The molecule has 0 bridgehead atoms. The van der Waals surface area contributed by atoms with E-state index in [0.29, 0.717) is 34.4 Å². The number of likely N-dealkylation sites (tertiary alicyclic amines) is 1. The van der Waals surface area contributed by atoms with Crippen LogP contribution in [0.5, 0.6) is 5.75 Å². The van der Waals surface area contributed by atoms with Crippen LogP contribution in [0, 0.1) is 18.3 Å². The summed E-state index contributed by atoms with van der Waals surface area (Å²) in [7, 11) is 0. The van der Waals surface area contributed by atoms with E-state index in [1.165, 1.54) is 31.4 Å². The predicted octanol–water partition coefficient (Wildman–Crippen LogP) is 9.08. The summed E-state index contributed by atoms with van der Waals surface area (Å²) in [6, 6.07) is 21.1. The summed E-state index contributed by atoms with van der Waals surface area (Å²) in [6.45, 7) is 9.73. The van der Waals surface area contributed by atoms with Gasteiger partial charge in [-0.3, -0.25) is 9.59 Å². The summed E-state index contributed by atoms with van der Waals surface area (Å²) in [4.78, 5) is 37.5. The zero-order valence-corrected chi connectivity index (χ0v) is 37.9. The Hall–Kier alpha value is -5.60. The van der Waals surface area contributed by atoms with Crippen LogP contribution < -0.4 is 10.2 Å². The van der Waals surface area contributed by atoms with Crippen molar-refractivity contribution in [1.82, 2.24) is 35.1 Å². The highest BCUT2D eigenvalue weighted by molar-refractivity contribution is 7.13. The zero-order chi connectivity index (χ0) is 44.3. The predicted molar refractivity (Wildman–Crippen MR) is 247 cm³/mol. The van der Waals surface area contributed by atoms with Crippen molar-refractivity contribution in [3.05, 3.63) is 95.0 Å². The maximum absolute atomic E-state index is 14.4. The fourth-order valence-corrected chi connectivity index (χ4v) is 11.7. The molecule has 2 aliphatic heterocycles. The molecular weight excluding hydrogens is 825 g/mol. The number of aliphatic hydroxyl groups excluding tert-OH is 1. The lowest BCUT2D eigenvalue weighted by atomic mass is 9.65.